The van der Waals surface area contributed by atoms with Crippen LogP contribution in [0.5, 0.6) is 0 Å². The minimum atomic E-state index is -0.677. The standard InChI is InChI=1S/C23H25N3O2/c1-4-17-8-12-19(13-9-17)24-23(28)21(5-2)26-22(27)15-14-20(25-26)18-10-6-16(3)7-11-18/h6-15,21H,4-5H2,1-3H3,(H,24,28)/t21-/m0/s1. The van der Waals surface area contributed by atoms with Gasteiger partial charge in [0.15, 0.2) is 0 Å². The van der Waals surface area contributed by atoms with E-state index in [1.165, 1.54) is 16.3 Å². The molecule has 0 bridgehead atoms. The van der Waals surface area contributed by atoms with Gasteiger partial charge in [-0.05, 0) is 43.5 Å². The number of hydrogen-bond acceptors (Lipinski definition) is 3. The molecule has 0 aliphatic rings. The zero-order valence-electron chi connectivity index (χ0n) is 16.5. The lowest BCUT2D eigenvalue weighted by Gasteiger charge is -2.17. The smallest absolute Gasteiger partial charge is 0.267 e. The summed E-state index contributed by atoms with van der Waals surface area (Å²) in [6, 6.07) is 18.1. The summed E-state index contributed by atoms with van der Waals surface area (Å²) >= 11 is 0. The Hall–Kier alpha value is -3.21. The van der Waals surface area contributed by atoms with Gasteiger partial charge in [-0.2, -0.15) is 5.10 Å². The molecule has 144 valence electrons. The summed E-state index contributed by atoms with van der Waals surface area (Å²) in [6.45, 7) is 5.97. The van der Waals surface area contributed by atoms with E-state index in [0.717, 1.165) is 17.5 Å². The monoisotopic (exact) mass is 375 g/mol. The van der Waals surface area contributed by atoms with Crippen molar-refractivity contribution in [2.24, 2.45) is 0 Å². The molecule has 0 spiro atoms. The van der Waals surface area contributed by atoms with Crippen molar-refractivity contribution < 1.29 is 4.79 Å². The lowest BCUT2D eigenvalue weighted by Crippen LogP contribution is -2.34. The number of anilines is 1. The summed E-state index contributed by atoms with van der Waals surface area (Å²) in [5.74, 6) is -0.248. The molecule has 0 radical (unpaired) electrons. The van der Waals surface area contributed by atoms with E-state index in [2.05, 4.69) is 17.3 Å². The van der Waals surface area contributed by atoms with Crippen molar-refractivity contribution in [1.82, 2.24) is 9.78 Å². The van der Waals surface area contributed by atoms with E-state index >= 15 is 0 Å². The molecule has 0 aliphatic carbocycles. The predicted molar refractivity (Wildman–Crippen MR) is 112 cm³/mol. The molecule has 2 aromatic carbocycles. The van der Waals surface area contributed by atoms with Crippen LogP contribution in [-0.4, -0.2) is 15.7 Å². The van der Waals surface area contributed by atoms with Gasteiger partial charge < -0.3 is 5.32 Å². The Bertz CT molecular complexity index is 1010. The number of hydrogen-bond donors (Lipinski definition) is 1. The molecule has 5 nitrogen and oxygen atoms in total. The molecular weight excluding hydrogens is 350 g/mol. The molecule has 0 saturated heterocycles. The Balaban J connectivity index is 1.88. The highest BCUT2D eigenvalue weighted by Gasteiger charge is 2.21. The Labute approximate surface area is 165 Å². The van der Waals surface area contributed by atoms with Crippen LogP contribution in [0.1, 0.15) is 37.4 Å². The normalized spacial score (nSPS) is 11.8. The summed E-state index contributed by atoms with van der Waals surface area (Å²) in [5, 5.41) is 7.37. The number of carbonyl (C=O) groups is 1. The van der Waals surface area contributed by atoms with Crippen LogP contribution in [0.4, 0.5) is 5.69 Å². The molecular formula is C23H25N3O2. The van der Waals surface area contributed by atoms with E-state index in [-0.39, 0.29) is 11.5 Å². The van der Waals surface area contributed by atoms with Crippen molar-refractivity contribution in [3.8, 4) is 11.3 Å². The molecule has 0 aliphatic heterocycles. The average molecular weight is 375 g/mol. The van der Waals surface area contributed by atoms with Crippen LogP contribution in [0, 0.1) is 6.92 Å². The van der Waals surface area contributed by atoms with Crippen LogP contribution in [0.25, 0.3) is 11.3 Å². The third kappa shape index (κ3) is 4.36. The topological polar surface area (TPSA) is 64.0 Å². The molecule has 5 heteroatoms. The van der Waals surface area contributed by atoms with Crippen molar-refractivity contribution in [3.05, 3.63) is 82.1 Å². The van der Waals surface area contributed by atoms with Crippen LogP contribution >= 0.6 is 0 Å². The SMILES string of the molecule is CCc1ccc(NC(=O)[C@H](CC)n2nc(-c3ccc(C)cc3)ccc2=O)cc1. The molecule has 3 aromatic rings. The van der Waals surface area contributed by atoms with Crippen LogP contribution in [0.2, 0.25) is 0 Å². The number of benzene rings is 2. The van der Waals surface area contributed by atoms with Crippen LogP contribution < -0.4 is 10.9 Å². The molecule has 1 aromatic heterocycles. The highest BCUT2D eigenvalue weighted by Crippen LogP contribution is 2.19. The van der Waals surface area contributed by atoms with E-state index < -0.39 is 6.04 Å². The molecule has 1 atom stereocenters. The minimum absolute atomic E-state index is 0.248. The summed E-state index contributed by atoms with van der Waals surface area (Å²) in [5.41, 5.74) is 4.34. The fraction of sp³-hybridized carbons (Fsp3) is 0.261. The van der Waals surface area contributed by atoms with Gasteiger partial charge in [0.1, 0.15) is 6.04 Å². The number of rotatable bonds is 6. The first-order chi connectivity index (χ1) is 13.5. The number of nitrogens with one attached hydrogen (secondary N) is 1. The molecule has 1 N–H and O–H groups in total. The van der Waals surface area contributed by atoms with Gasteiger partial charge in [-0.3, -0.25) is 9.59 Å². The minimum Gasteiger partial charge on any atom is -0.324 e. The summed E-state index contributed by atoms with van der Waals surface area (Å²) in [6.07, 6.45) is 1.40. The van der Waals surface area contributed by atoms with E-state index in [1.54, 1.807) is 6.07 Å². The van der Waals surface area contributed by atoms with Gasteiger partial charge in [0.25, 0.3) is 5.56 Å². The molecule has 28 heavy (non-hydrogen) atoms. The Morgan fingerprint density at radius 2 is 1.68 bits per heavy atom. The Morgan fingerprint density at radius 3 is 2.29 bits per heavy atom. The van der Waals surface area contributed by atoms with E-state index in [1.807, 2.05) is 62.4 Å². The van der Waals surface area contributed by atoms with Crippen molar-refractivity contribution in [2.45, 2.75) is 39.7 Å². The number of amides is 1. The summed E-state index contributed by atoms with van der Waals surface area (Å²) in [7, 11) is 0. The lowest BCUT2D eigenvalue weighted by atomic mass is 10.1. The second-order valence-electron chi connectivity index (χ2n) is 6.83. The van der Waals surface area contributed by atoms with E-state index in [0.29, 0.717) is 17.8 Å². The summed E-state index contributed by atoms with van der Waals surface area (Å²) in [4.78, 5) is 25.3. The second-order valence-corrected chi connectivity index (χ2v) is 6.83. The second kappa shape index (κ2) is 8.65. The average Bonchev–Trinajstić information content (AvgIpc) is 2.71. The number of aromatic nitrogens is 2. The van der Waals surface area contributed by atoms with Gasteiger partial charge in [-0.1, -0.05) is 55.8 Å². The third-order valence-corrected chi connectivity index (χ3v) is 4.79. The zero-order valence-corrected chi connectivity index (χ0v) is 16.5. The first-order valence-electron chi connectivity index (χ1n) is 9.58. The quantitative estimate of drug-likeness (QED) is 0.696. The van der Waals surface area contributed by atoms with E-state index in [9.17, 15) is 9.59 Å². The van der Waals surface area contributed by atoms with Gasteiger partial charge in [0.2, 0.25) is 5.91 Å². The van der Waals surface area contributed by atoms with Crippen molar-refractivity contribution >= 4 is 11.6 Å². The maximum absolute atomic E-state index is 12.8. The summed E-state index contributed by atoms with van der Waals surface area (Å²) < 4.78 is 1.28. The third-order valence-electron chi connectivity index (χ3n) is 4.79. The predicted octanol–water partition coefficient (Wildman–Crippen LogP) is 4.37. The van der Waals surface area contributed by atoms with Crippen molar-refractivity contribution in [1.29, 1.82) is 0 Å². The van der Waals surface area contributed by atoms with Gasteiger partial charge in [-0.15, -0.1) is 0 Å². The van der Waals surface area contributed by atoms with Gasteiger partial charge in [-0.25, -0.2) is 4.68 Å². The van der Waals surface area contributed by atoms with Gasteiger partial charge in [0, 0.05) is 17.3 Å². The van der Waals surface area contributed by atoms with Crippen LogP contribution in [0.15, 0.2) is 65.5 Å². The largest absolute Gasteiger partial charge is 0.324 e. The van der Waals surface area contributed by atoms with Crippen LogP contribution in [-0.2, 0) is 11.2 Å². The maximum Gasteiger partial charge on any atom is 0.267 e. The molecule has 0 unspecified atom stereocenters. The lowest BCUT2D eigenvalue weighted by molar-refractivity contribution is -0.119. The first-order valence-corrected chi connectivity index (χ1v) is 9.58. The number of aryl methyl sites for hydroxylation is 2. The zero-order chi connectivity index (χ0) is 20.1. The molecule has 1 amide bonds. The van der Waals surface area contributed by atoms with Crippen molar-refractivity contribution in [2.75, 3.05) is 5.32 Å². The fourth-order valence-corrected chi connectivity index (χ4v) is 3.05. The maximum atomic E-state index is 12.8. The van der Waals surface area contributed by atoms with Gasteiger partial charge in [0.05, 0.1) is 5.69 Å². The fourth-order valence-electron chi connectivity index (χ4n) is 3.05. The van der Waals surface area contributed by atoms with E-state index in [4.69, 9.17) is 0 Å². The highest BCUT2D eigenvalue weighted by atomic mass is 16.2. The molecule has 0 saturated carbocycles. The van der Waals surface area contributed by atoms with Gasteiger partial charge >= 0.3 is 0 Å². The Morgan fingerprint density at radius 1 is 1.00 bits per heavy atom. The molecule has 0 fully saturated rings. The number of carbonyl (C=O) groups excluding carboxylic acids is 1. The Kier molecular flexibility index (Phi) is 6.04. The highest BCUT2D eigenvalue weighted by molar-refractivity contribution is 5.93. The van der Waals surface area contributed by atoms with Crippen LogP contribution in [0.3, 0.4) is 0 Å². The molecule has 3 rings (SSSR count). The number of nitrogens with zero attached hydrogens (tertiary/aromatic N) is 2. The first kappa shape index (κ1) is 19.5. The van der Waals surface area contributed by atoms with Crippen molar-refractivity contribution in [3.63, 3.8) is 0 Å². The molecule has 1 heterocycles.